The van der Waals surface area contributed by atoms with E-state index in [1.165, 1.54) is 0 Å². The van der Waals surface area contributed by atoms with E-state index >= 15 is 0 Å². The van der Waals surface area contributed by atoms with Gasteiger partial charge in [0.2, 0.25) is 11.8 Å². The molecule has 1 aliphatic rings. The van der Waals surface area contributed by atoms with Gasteiger partial charge in [-0.1, -0.05) is 30.3 Å². The Bertz CT molecular complexity index is 772. The topological polar surface area (TPSA) is 79.5 Å². The first-order chi connectivity index (χ1) is 14.2. The minimum Gasteiger partial charge on any atom is -0.494 e. The third kappa shape index (κ3) is 7.23. The lowest BCUT2D eigenvalue weighted by Crippen LogP contribution is -2.40. The van der Waals surface area contributed by atoms with Crippen molar-refractivity contribution in [1.29, 1.82) is 0 Å². The monoisotopic (exact) mass is 395 g/mol. The maximum atomic E-state index is 12.2. The van der Waals surface area contributed by atoms with Gasteiger partial charge in [0.15, 0.2) is 0 Å². The second-order valence-electron chi connectivity index (χ2n) is 7.27. The van der Waals surface area contributed by atoms with Crippen LogP contribution in [-0.4, -0.2) is 31.5 Å². The number of hydrogen-bond donors (Lipinski definition) is 3. The summed E-state index contributed by atoms with van der Waals surface area (Å²) < 4.78 is 5.59. The second-order valence-corrected chi connectivity index (χ2v) is 7.27. The summed E-state index contributed by atoms with van der Waals surface area (Å²) in [5.41, 5.74) is 1.77. The van der Waals surface area contributed by atoms with E-state index in [-0.39, 0.29) is 17.7 Å². The largest absolute Gasteiger partial charge is 0.494 e. The van der Waals surface area contributed by atoms with Gasteiger partial charge in [0.1, 0.15) is 5.75 Å². The predicted octanol–water partition coefficient (Wildman–Crippen LogP) is 3.10. The maximum Gasteiger partial charge on any atom is 0.224 e. The van der Waals surface area contributed by atoms with Gasteiger partial charge >= 0.3 is 0 Å². The van der Waals surface area contributed by atoms with Crippen LogP contribution in [0.4, 0.5) is 5.69 Å². The molecule has 1 atom stereocenters. The highest BCUT2D eigenvalue weighted by Crippen LogP contribution is 2.13. The molecule has 1 saturated heterocycles. The number of rotatable bonds is 9. The lowest BCUT2D eigenvalue weighted by Gasteiger charge is -2.21. The Morgan fingerprint density at radius 1 is 1.07 bits per heavy atom. The first-order valence-electron chi connectivity index (χ1n) is 10.3. The lowest BCUT2D eigenvalue weighted by atomic mass is 9.99. The van der Waals surface area contributed by atoms with Crippen molar-refractivity contribution < 1.29 is 14.3 Å². The van der Waals surface area contributed by atoms with Gasteiger partial charge in [-0.25, -0.2) is 0 Å². The standard InChI is InChI=1S/C23H29N3O3/c27-22(9-5-15-29-21-7-2-1-3-8-21)26-20-12-10-18(11-13-20)16-25-23(28)19-6-4-14-24-17-19/h1-3,7-8,10-13,19,24H,4-6,9,14-17H2,(H,25,28)(H,26,27). The summed E-state index contributed by atoms with van der Waals surface area (Å²) in [6.45, 7) is 2.76. The first-order valence-corrected chi connectivity index (χ1v) is 10.3. The number of amides is 2. The van der Waals surface area contributed by atoms with Gasteiger partial charge in [-0.3, -0.25) is 9.59 Å². The van der Waals surface area contributed by atoms with Gasteiger partial charge in [-0.2, -0.15) is 0 Å². The van der Waals surface area contributed by atoms with Crippen LogP contribution in [0, 0.1) is 5.92 Å². The molecule has 2 aromatic rings. The molecule has 0 saturated carbocycles. The van der Waals surface area contributed by atoms with Crippen LogP contribution in [-0.2, 0) is 16.1 Å². The SMILES string of the molecule is O=C(CCCOc1ccccc1)Nc1ccc(CNC(=O)C2CCCNC2)cc1. The molecule has 1 unspecified atom stereocenters. The lowest BCUT2D eigenvalue weighted by molar-refractivity contribution is -0.125. The molecule has 3 N–H and O–H groups in total. The molecule has 0 aromatic heterocycles. The third-order valence-electron chi connectivity index (χ3n) is 4.93. The zero-order valence-electron chi connectivity index (χ0n) is 16.7. The Balaban J connectivity index is 1.33. The summed E-state index contributed by atoms with van der Waals surface area (Å²) in [7, 11) is 0. The molecule has 0 spiro atoms. The number of piperidine rings is 1. The number of hydrogen-bond acceptors (Lipinski definition) is 4. The molecule has 0 radical (unpaired) electrons. The summed E-state index contributed by atoms with van der Waals surface area (Å²) >= 11 is 0. The maximum absolute atomic E-state index is 12.2. The Morgan fingerprint density at radius 2 is 1.86 bits per heavy atom. The zero-order chi connectivity index (χ0) is 20.3. The van der Waals surface area contributed by atoms with Crippen molar-refractivity contribution in [3.63, 3.8) is 0 Å². The van der Waals surface area contributed by atoms with Crippen LogP contribution in [0.3, 0.4) is 0 Å². The molecule has 6 nitrogen and oxygen atoms in total. The zero-order valence-corrected chi connectivity index (χ0v) is 16.7. The van der Waals surface area contributed by atoms with Crippen LogP contribution in [0.1, 0.15) is 31.2 Å². The molecular formula is C23H29N3O3. The Morgan fingerprint density at radius 3 is 2.59 bits per heavy atom. The molecule has 1 aliphatic heterocycles. The van der Waals surface area contributed by atoms with Crippen LogP contribution < -0.4 is 20.7 Å². The number of anilines is 1. The molecule has 2 aromatic carbocycles. The van der Waals surface area contributed by atoms with E-state index in [9.17, 15) is 9.59 Å². The van der Waals surface area contributed by atoms with E-state index in [2.05, 4.69) is 16.0 Å². The Labute approximate surface area is 172 Å². The van der Waals surface area contributed by atoms with E-state index in [0.29, 0.717) is 26.0 Å². The molecule has 6 heteroatoms. The van der Waals surface area contributed by atoms with Crippen molar-refractivity contribution >= 4 is 17.5 Å². The van der Waals surface area contributed by atoms with E-state index in [1.807, 2.05) is 54.6 Å². The summed E-state index contributed by atoms with van der Waals surface area (Å²) in [5.74, 6) is 0.948. The number of nitrogens with one attached hydrogen (secondary N) is 3. The normalized spacial score (nSPS) is 16.1. The van der Waals surface area contributed by atoms with Crippen LogP contribution in [0.25, 0.3) is 0 Å². The van der Waals surface area contributed by atoms with Gasteiger partial charge in [0.05, 0.1) is 12.5 Å². The molecule has 2 amide bonds. The summed E-state index contributed by atoms with van der Waals surface area (Å²) in [4.78, 5) is 24.3. The number of carbonyl (C=O) groups is 2. The van der Waals surface area contributed by atoms with Crippen LogP contribution in [0.5, 0.6) is 5.75 Å². The Kier molecular flexibility index (Phi) is 8.07. The minimum absolute atomic E-state index is 0.0347. The molecule has 29 heavy (non-hydrogen) atoms. The second kappa shape index (κ2) is 11.2. The highest BCUT2D eigenvalue weighted by molar-refractivity contribution is 5.90. The van der Waals surface area contributed by atoms with Crippen molar-refractivity contribution in [2.75, 3.05) is 25.0 Å². The van der Waals surface area contributed by atoms with Gasteiger partial charge in [-0.15, -0.1) is 0 Å². The fraction of sp³-hybridized carbons (Fsp3) is 0.391. The molecule has 3 rings (SSSR count). The molecule has 0 bridgehead atoms. The van der Waals surface area contributed by atoms with Crippen molar-refractivity contribution in [2.24, 2.45) is 5.92 Å². The van der Waals surface area contributed by atoms with E-state index in [1.54, 1.807) is 0 Å². The number of ether oxygens (including phenoxy) is 1. The van der Waals surface area contributed by atoms with Crippen molar-refractivity contribution in [3.8, 4) is 5.75 Å². The van der Waals surface area contributed by atoms with Crippen LogP contribution in [0.2, 0.25) is 0 Å². The minimum atomic E-state index is -0.0347. The average molecular weight is 396 g/mol. The van der Waals surface area contributed by atoms with Gasteiger partial charge in [0.25, 0.3) is 0 Å². The fourth-order valence-electron chi connectivity index (χ4n) is 3.28. The summed E-state index contributed by atoms with van der Waals surface area (Å²) in [6, 6.07) is 17.2. The number of benzene rings is 2. The van der Waals surface area contributed by atoms with E-state index in [4.69, 9.17) is 4.74 Å². The number of carbonyl (C=O) groups excluding carboxylic acids is 2. The van der Waals surface area contributed by atoms with E-state index < -0.39 is 0 Å². The molecule has 1 heterocycles. The number of para-hydroxylation sites is 1. The van der Waals surface area contributed by atoms with Crippen molar-refractivity contribution in [3.05, 3.63) is 60.2 Å². The Hall–Kier alpha value is -2.86. The van der Waals surface area contributed by atoms with Crippen LogP contribution in [0.15, 0.2) is 54.6 Å². The van der Waals surface area contributed by atoms with Gasteiger partial charge in [-0.05, 0) is 55.6 Å². The third-order valence-corrected chi connectivity index (χ3v) is 4.93. The fourth-order valence-corrected chi connectivity index (χ4v) is 3.28. The quantitative estimate of drug-likeness (QED) is 0.570. The average Bonchev–Trinajstić information content (AvgIpc) is 2.77. The first kappa shape index (κ1) is 20.9. The molecular weight excluding hydrogens is 366 g/mol. The van der Waals surface area contributed by atoms with Gasteiger partial charge in [0, 0.05) is 25.2 Å². The van der Waals surface area contributed by atoms with Gasteiger partial charge < -0.3 is 20.7 Å². The summed E-state index contributed by atoms with van der Waals surface area (Å²) in [5, 5.41) is 9.15. The molecule has 1 fully saturated rings. The smallest absolute Gasteiger partial charge is 0.224 e. The van der Waals surface area contributed by atoms with Crippen molar-refractivity contribution in [2.45, 2.75) is 32.2 Å². The van der Waals surface area contributed by atoms with E-state index in [0.717, 1.165) is 42.9 Å². The molecule has 0 aliphatic carbocycles. The van der Waals surface area contributed by atoms with Crippen molar-refractivity contribution in [1.82, 2.24) is 10.6 Å². The highest BCUT2D eigenvalue weighted by atomic mass is 16.5. The predicted molar refractivity (Wildman–Crippen MR) is 114 cm³/mol. The molecule has 154 valence electrons. The van der Waals surface area contributed by atoms with Crippen LogP contribution >= 0.6 is 0 Å². The highest BCUT2D eigenvalue weighted by Gasteiger charge is 2.20. The summed E-state index contributed by atoms with van der Waals surface area (Å²) in [6.07, 6.45) is 3.05.